The van der Waals surface area contributed by atoms with Gasteiger partial charge in [0.2, 0.25) is 0 Å². The van der Waals surface area contributed by atoms with Crippen LogP contribution in [-0.2, 0) is 6.54 Å². The van der Waals surface area contributed by atoms with Crippen LogP contribution >= 0.6 is 0 Å². The summed E-state index contributed by atoms with van der Waals surface area (Å²) in [6.07, 6.45) is 0. The number of hydrogen-bond donors (Lipinski definition) is 0. The highest BCUT2D eigenvalue weighted by molar-refractivity contribution is 5.29. The highest BCUT2D eigenvalue weighted by Crippen LogP contribution is 2.21. The van der Waals surface area contributed by atoms with Gasteiger partial charge >= 0.3 is 0 Å². The minimum absolute atomic E-state index is 0.623. The number of rotatable bonds is 4. The molecule has 1 aromatic carbocycles. The molecule has 0 spiro atoms. The number of piperazine rings is 1. The van der Waals surface area contributed by atoms with E-state index < -0.39 is 0 Å². The van der Waals surface area contributed by atoms with Crippen LogP contribution in [-0.4, -0.2) is 42.5 Å². The largest absolute Gasteiger partial charge is 0.301 e. The molecule has 1 aliphatic rings. The molecule has 2 heteroatoms. The van der Waals surface area contributed by atoms with Gasteiger partial charge in [-0.05, 0) is 23.6 Å². The second-order valence-corrected chi connectivity index (χ2v) is 5.56. The van der Waals surface area contributed by atoms with E-state index in [0.717, 1.165) is 6.54 Å². The van der Waals surface area contributed by atoms with Crippen molar-refractivity contribution in [2.75, 3.05) is 32.7 Å². The molecule has 1 aromatic rings. The van der Waals surface area contributed by atoms with E-state index in [2.05, 4.69) is 54.8 Å². The van der Waals surface area contributed by atoms with Crippen LogP contribution in [0.5, 0.6) is 0 Å². The van der Waals surface area contributed by atoms with Crippen molar-refractivity contribution < 1.29 is 0 Å². The molecule has 0 N–H and O–H groups in total. The van der Waals surface area contributed by atoms with Gasteiger partial charge in [0.25, 0.3) is 0 Å². The van der Waals surface area contributed by atoms with Gasteiger partial charge in [0.15, 0.2) is 0 Å². The van der Waals surface area contributed by atoms with Gasteiger partial charge in [0, 0.05) is 32.7 Å². The quantitative estimate of drug-likeness (QED) is 0.806. The maximum absolute atomic E-state index is 2.59. The second-order valence-electron chi connectivity index (χ2n) is 5.56. The molecule has 2 rings (SSSR count). The molecule has 0 radical (unpaired) electrons. The topological polar surface area (TPSA) is 6.48 Å². The zero-order chi connectivity index (χ0) is 13.0. The van der Waals surface area contributed by atoms with Gasteiger partial charge in [-0.15, -0.1) is 0 Å². The van der Waals surface area contributed by atoms with E-state index in [0.29, 0.717) is 5.92 Å². The van der Waals surface area contributed by atoms with Crippen molar-refractivity contribution in [3.63, 3.8) is 0 Å². The van der Waals surface area contributed by atoms with Crippen LogP contribution in [0.25, 0.3) is 0 Å². The number of likely N-dealkylation sites (N-methyl/N-ethyl adjacent to an activating group) is 1. The van der Waals surface area contributed by atoms with Crippen molar-refractivity contribution in [2.24, 2.45) is 0 Å². The van der Waals surface area contributed by atoms with E-state index in [1.165, 1.54) is 43.9 Å². The Kier molecular flexibility index (Phi) is 4.79. The monoisotopic (exact) mass is 246 g/mol. The molecule has 2 nitrogen and oxygen atoms in total. The highest BCUT2D eigenvalue weighted by Gasteiger charge is 2.16. The standard InChI is InChI=1S/C16H26N2/c1-4-17-9-11-18(12-10-17)13-15-7-5-6-8-16(15)14(2)3/h5-8,14H,4,9-13H2,1-3H3. The number of benzene rings is 1. The number of hydrogen-bond acceptors (Lipinski definition) is 2. The molecule has 0 saturated carbocycles. The van der Waals surface area contributed by atoms with Crippen LogP contribution in [0.3, 0.4) is 0 Å². The van der Waals surface area contributed by atoms with Crippen molar-refractivity contribution in [1.29, 1.82) is 0 Å². The third kappa shape index (κ3) is 3.33. The zero-order valence-corrected chi connectivity index (χ0v) is 12.0. The summed E-state index contributed by atoms with van der Waals surface area (Å²) in [4.78, 5) is 5.12. The maximum Gasteiger partial charge on any atom is 0.0237 e. The first kappa shape index (κ1) is 13.6. The molecule has 1 heterocycles. The third-order valence-corrected chi connectivity index (χ3v) is 3.98. The lowest BCUT2D eigenvalue weighted by atomic mass is 9.97. The Morgan fingerprint density at radius 3 is 2.22 bits per heavy atom. The Bertz CT molecular complexity index is 365. The molecular formula is C16H26N2. The molecule has 1 saturated heterocycles. The SMILES string of the molecule is CCN1CCN(Cc2ccccc2C(C)C)CC1. The smallest absolute Gasteiger partial charge is 0.0237 e. The molecule has 1 fully saturated rings. The maximum atomic E-state index is 2.59. The van der Waals surface area contributed by atoms with Crippen molar-refractivity contribution in [3.05, 3.63) is 35.4 Å². The van der Waals surface area contributed by atoms with Crippen molar-refractivity contribution in [1.82, 2.24) is 9.80 Å². The predicted molar refractivity (Wildman–Crippen MR) is 77.9 cm³/mol. The normalized spacial score (nSPS) is 18.4. The first-order chi connectivity index (χ1) is 8.70. The number of nitrogens with zero attached hydrogens (tertiary/aromatic N) is 2. The van der Waals surface area contributed by atoms with Gasteiger partial charge in [0.1, 0.15) is 0 Å². The molecule has 18 heavy (non-hydrogen) atoms. The van der Waals surface area contributed by atoms with Gasteiger partial charge < -0.3 is 4.90 Å². The fourth-order valence-electron chi connectivity index (χ4n) is 2.75. The van der Waals surface area contributed by atoms with Crippen molar-refractivity contribution in [2.45, 2.75) is 33.2 Å². The summed E-state index contributed by atoms with van der Waals surface area (Å²) in [5.74, 6) is 0.623. The fraction of sp³-hybridized carbons (Fsp3) is 0.625. The molecule has 0 atom stereocenters. The van der Waals surface area contributed by atoms with Crippen LogP contribution in [0.4, 0.5) is 0 Å². The summed E-state index contributed by atoms with van der Waals surface area (Å²) >= 11 is 0. The van der Waals surface area contributed by atoms with Gasteiger partial charge in [-0.25, -0.2) is 0 Å². The molecule has 0 bridgehead atoms. The van der Waals surface area contributed by atoms with E-state index in [-0.39, 0.29) is 0 Å². The van der Waals surface area contributed by atoms with Gasteiger partial charge in [-0.1, -0.05) is 45.0 Å². The lowest BCUT2D eigenvalue weighted by molar-refractivity contribution is 0.131. The van der Waals surface area contributed by atoms with Crippen LogP contribution in [0.1, 0.15) is 37.8 Å². The van der Waals surface area contributed by atoms with E-state index in [4.69, 9.17) is 0 Å². The first-order valence-corrected chi connectivity index (χ1v) is 7.23. The molecule has 1 aliphatic heterocycles. The Balaban J connectivity index is 1.98. The van der Waals surface area contributed by atoms with E-state index >= 15 is 0 Å². The Morgan fingerprint density at radius 1 is 1.00 bits per heavy atom. The third-order valence-electron chi connectivity index (χ3n) is 3.98. The van der Waals surface area contributed by atoms with Crippen molar-refractivity contribution >= 4 is 0 Å². The minimum atomic E-state index is 0.623. The Hall–Kier alpha value is -0.860. The fourth-order valence-corrected chi connectivity index (χ4v) is 2.75. The van der Waals surface area contributed by atoms with Gasteiger partial charge in [-0.2, -0.15) is 0 Å². The molecule has 100 valence electrons. The molecule has 0 aliphatic carbocycles. The Morgan fingerprint density at radius 2 is 1.61 bits per heavy atom. The molecular weight excluding hydrogens is 220 g/mol. The lowest BCUT2D eigenvalue weighted by Crippen LogP contribution is -2.45. The molecule has 0 unspecified atom stereocenters. The summed E-state index contributed by atoms with van der Waals surface area (Å²) in [6, 6.07) is 8.90. The predicted octanol–water partition coefficient (Wildman–Crippen LogP) is 2.95. The van der Waals surface area contributed by atoms with E-state index in [9.17, 15) is 0 Å². The summed E-state index contributed by atoms with van der Waals surface area (Å²) in [6.45, 7) is 14.0. The first-order valence-electron chi connectivity index (χ1n) is 7.23. The minimum Gasteiger partial charge on any atom is -0.301 e. The van der Waals surface area contributed by atoms with Crippen molar-refractivity contribution in [3.8, 4) is 0 Å². The second kappa shape index (κ2) is 6.35. The zero-order valence-electron chi connectivity index (χ0n) is 12.0. The molecule has 0 amide bonds. The highest BCUT2D eigenvalue weighted by atomic mass is 15.3. The van der Waals surface area contributed by atoms with E-state index in [1.54, 1.807) is 0 Å². The summed E-state index contributed by atoms with van der Waals surface area (Å²) in [5, 5.41) is 0. The molecule has 0 aromatic heterocycles. The van der Waals surface area contributed by atoms with Crippen LogP contribution in [0, 0.1) is 0 Å². The average molecular weight is 246 g/mol. The van der Waals surface area contributed by atoms with E-state index in [1.807, 2.05) is 0 Å². The van der Waals surface area contributed by atoms with Gasteiger partial charge in [-0.3, -0.25) is 4.90 Å². The summed E-state index contributed by atoms with van der Waals surface area (Å²) < 4.78 is 0. The average Bonchev–Trinajstić information content (AvgIpc) is 2.40. The van der Waals surface area contributed by atoms with Crippen LogP contribution < -0.4 is 0 Å². The van der Waals surface area contributed by atoms with Crippen LogP contribution in [0.15, 0.2) is 24.3 Å². The Labute approximate surface area is 112 Å². The van der Waals surface area contributed by atoms with Crippen LogP contribution in [0.2, 0.25) is 0 Å². The lowest BCUT2D eigenvalue weighted by Gasteiger charge is -2.34. The summed E-state index contributed by atoms with van der Waals surface area (Å²) in [7, 11) is 0. The summed E-state index contributed by atoms with van der Waals surface area (Å²) in [5.41, 5.74) is 3.02. The van der Waals surface area contributed by atoms with Gasteiger partial charge in [0.05, 0.1) is 0 Å².